The van der Waals surface area contributed by atoms with E-state index in [-0.39, 0.29) is 34.5 Å². The molecule has 0 radical (unpaired) electrons. The maximum absolute atomic E-state index is 15.0. The molecule has 0 atom stereocenters. The Morgan fingerprint density at radius 2 is 1.70 bits per heavy atom. The van der Waals surface area contributed by atoms with Gasteiger partial charge < -0.3 is 9.64 Å². The molecule has 3 fully saturated rings. The highest BCUT2D eigenvalue weighted by Crippen LogP contribution is 2.45. The summed E-state index contributed by atoms with van der Waals surface area (Å²) in [5.74, 6) is 0.230. The number of ether oxygens (including phenoxy) is 1. The topological polar surface area (TPSA) is 32.8 Å². The van der Waals surface area contributed by atoms with Gasteiger partial charge in [-0.3, -0.25) is 9.69 Å². The van der Waals surface area contributed by atoms with Gasteiger partial charge in [0, 0.05) is 30.7 Å². The molecule has 2 heterocycles. The summed E-state index contributed by atoms with van der Waals surface area (Å²) in [6.45, 7) is 3.23. The SMILES string of the molecule is O=C(c1cc(C2CC2)c(OCC2CCN(Cc3cc(Cl)ccc3C(F)(F)F)CC2)cc1F)N1CCCC1. The largest absolute Gasteiger partial charge is 0.493 e. The molecule has 1 saturated carbocycles. The maximum atomic E-state index is 15.0. The fourth-order valence-corrected chi connectivity index (χ4v) is 5.59. The maximum Gasteiger partial charge on any atom is 0.416 e. The minimum atomic E-state index is -4.42. The van der Waals surface area contributed by atoms with Gasteiger partial charge >= 0.3 is 6.18 Å². The van der Waals surface area contributed by atoms with E-state index in [0.717, 1.165) is 50.2 Å². The number of alkyl halides is 3. The van der Waals surface area contributed by atoms with E-state index in [1.165, 1.54) is 18.2 Å². The predicted octanol–water partition coefficient (Wildman–Crippen LogP) is 6.90. The van der Waals surface area contributed by atoms with Gasteiger partial charge in [-0.25, -0.2) is 4.39 Å². The number of carbonyl (C=O) groups is 1. The molecule has 1 aliphatic carbocycles. The van der Waals surface area contributed by atoms with Gasteiger partial charge in [0.25, 0.3) is 5.91 Å². The molecule has 5 rings (SSSR count). The van der Waals surface area contributed by atoms with Crippen molar-refractivity contribution in [3.05, 3.63) is 63.4 Å². The van der Waals surface area contributed by atoms with Gasteiger partial charge in [0.2, 0.25) is 0 Å². The van der Waals surface area contributed by atoms with Crippen LogP contribution in [0.15, 0.2) is 30.3 Å². The number of hydrogen-bond donors (Lipinski definition) is 0. The van der Waals surface area contributed by atoms with E-state index in [1.807, 2.05) is 4.90 Å². The van der Waals surface area contributed by atoms with Crippen molar-refractivity contribution in [1.29, 1.82) is 0 Å². The van der Waals surface area contributed by atoms with Crippen molar-refractivity contribution >= 4 is 17.5 Å². The Balaban J connectivity index is 1.19. The number of halogens is 5. The van der Waals surface area contributed by atoms with Crippen LogP contribution in [0.3, 0.4) is 0 Å². The Hall–Kier alpha value is -2.32. The monoisotopic (exact) mass is 538 g/mol. The fraction of sp³-hybridized carbons (Fsp3) is 0.536. The van der Waals surface area contributed by atoms with Crippen LogP contribution < -0.4 is 4.74 Å². The highest BCUT2D eigenvalue weighted by molar-refractivity contribution is 6.30. The lowest BCUT2D eigenvalue weighted by Gasteiger charge is -2.32. The van der Waals surface area contributed by atoms with Gasteiger partial charge in [0.05, 0.1) is 17.7 Å². The number of rotatable bonds is 7. The zero-order valence-electron chi connectivity index (χ0n) is 20.6. The smallest absolute Gasteiger partial charge is 0.416 e. The van der Waals surface area contributed by atoms with E-state index in [1.54, 1.807) is 11.0 Å². The molecular formula is C28H31ClF4N2O2. The normalized spacial score (nSPS) is 19.4. The molecule has 1 amide bonds. The first kappa shape index (κ1) is 26.3. The number of amides is 1. The number of benzene rings is 2. The molecule has 200 valence electrons. The fourth-order valence-electron chi connectivity index (χ4n) is 5.39. The van der Waals surface area contributed by atoms with E-state index in [0.29, 0.717) is 44.5 Å². The molecule has 2 aromatic carbocycles. The predicted molar refractivity (Wildman–Crippen MR) is 133 cm³/mol. The summed E-state index contributed by atoms with van der Waals surface area (Å²) in [5.41, 5.74) is 0.567. The molecule has 0 aromatic heterocycles. The Bertz CT molecular complexity index is 1140. The molecular weight excluding hydrogens is 508 g/mol. The molecule has 9 heteroatoms. The van der Waals surface area contributed by atoms with Crippen LogP contribution in [0.1, 0.15) is 71.5 Å². The van der Waals surface area contributed by atoms with Gasteiger partial charge in [-0.05, 0) is 98.8 Å². The average Bonchev–Trinajstić information content (AvgIpc) is 3.55. The lowest BCUT2D eigenvalue weighted by atomic mass is 9.96. The van der Waals surface area contributed by atoms with E-state index in [4.69, 9.17) is 16.3 Å². The number of hydrogen-bond acceptors (Lipinski definition) is 3. The summed E-state index contributed by atoms with van der Waals surface area (Å²) in [7, 11) is 0. The van der Waals surface area contributed by atoms with Crippen LogP contribution >= 0.6 is 11.6 Å². The van der Waals surface area contributed by atoms with Crippen molar-refractivity contribution in [3.63, 3.8) is 0 Å². The number of likely N-dealkylation sites (tertiary alicyclic amines) is 2. The summed E-state index contributed by atoms with van der Waals surface area (Å²) in [6.07, 6.45) is 1.03. The zero-order valence-corrected chi connectivity index (χ0v) is 21.4. The second-order valence-electron chi connectivity index (χ2n) is 10.5. The van der Waals surface area contributed by atoms with E-state index < -0.39 is 17.6 Å². The molecule has 4 nitrogen and oxygen atoms in total. The minimum Gasteiger partial charge on any atom is -0.493 e. The summed E-state index contributed by atoms with van der Waals surface area (Å²) >= 11 is 5.97. The third-order valence-electron chi connectivity index (χ3n) is 7.69. The van der Waals surface area contributed by atoms with Crippen LogP contribution in [-0.2, 0) is 12.7 Å². The molecule has 2 saturated heterocycles. The average molecular weight is 539 g/mol. The summed E-state index contributed by atoms with van der Waals surface area (Å²) < 4.78 is 61.3. The first-order chi connectivity index (χ1) is 17.7. The second kappa shape index (κ2) is 10.8. The lowest BCUT2D eigenvalue weighted by molar-refractivity contribution is -0.138. The third kappa shape index (κ3) is 6.23. The van der Waals surface area contributed by atoms with Crippen LogP contribution in [-0.4, -0.2) is 48.5 Å². The van der Waals surface area contributed by atoms with Crippen molar-refractivity contribution in [1.82, 2.24) is 9.80 Å². The van der Waals surface area contributed by atoms with Crippen molar-refractivity contribution in [2.75, 3.05) is 32.8 Å². The zero-order chi connectivity index (χ0) is 26.2. The first-order valence-electron chi connectivity index (χ1n) is 13.0. The van der Waals surface area contributed by atoms with Crippen LogP contribution in [0.4, 0.5) is 17.6 Å². The molecule has 0 unspecified atom stereocenters. The Morgan fingerprint density at radius 1 is 1.00 bits per heavy atom. The third-order valence-corrected chi connectivity index (χ3v) is 7.92. The highest BCUT2D eigenvalue weighted by Gasteiger charge is 2.34. The van der Waals surface area contributed by atoms with E-state index >= 15 is 0 Å². The van der Waals surface area contributed by atoms with Gasteiger partial charge in [-0.1, -0.05) is 11.6 Å². The van der Waals surface area contributed by atoms with Gasteiger partial charge in [-0.15, -0.1) is 0 Å². The molecule has 3 aliphatic rings. The second-order valence-corrected chi connectivity index (χ2v) is 10.9. The van der Waals surface area contributed by atoms with E-state index in [2.05, 4.69) is 0 Å². The van der Waals surface area contributed by atoms with Crippen molar-refractivity contribution in [3.8, 4) is 5.75 Å². The first-order valence-corrected chi connectivity index (χ1v) is 13.4. The summed E-state index contributed by atoms with van der Waals surface area (Å²) in [6, 6.07) is 6.76. The highest BCUT2D eigenvalue weighted by atomic mass is 35.5. The van der Waals surface area contributed by atoms with Crippen LogP contribution in [0.5, 0.6) is 5.75 Å². The molecule has 0 spiro atoms. The van der Waals surface area contributed by atoms with Gasteiger partial charge in [0.15, 0.2) is 0 Å². The summed E-state index contributed by atoms with van der Waals surface area (Å²) in [5, 5.41) is 0.290. The van der Waals surface area contributed by atoms with Gasteiger partial charge in [0.1, 0.15) is 11.6 Å². The van der Waals surface area contributed by atoms with Gasteiger partial charge in [-0.2, -0.15) is 13.2 Å². The Labute approximate surface area is 219 Å². The lowest BCUT2D eigenvalue weighted by Crippen LogP contribution is -2.35. The van der Waals surface area contributed by atoms with Crippen molar-refractivity contribution in [2.45, 2.75) is 57.2 Å². The van der Waals surface area contributed by atoms with Crippen molar-refractivity contribution in [2.24, 2.45) is 5.92 Å². The van der Waals surface area contributed by atoms with Crippen LogP contribution in [0.25, 0.3) is 0 Å². The minimum absolute atomic E-state index is 0.128. The Morgan fingerprint density at radius 3 is 2.35 bits per heavy atom. The summed E-state index contributed by atoms with van der Waals surface area (Å²) in [4.78, 5) is 16.5. The van der Waals surface area contributed by atoms with Crippen LogP contribution in [0.2, 0.25) is 5.02 Å². The number of carbonyl (C=O) groups excluding carboxylic acids is 1. The van der Waals surface area contributed by atoms with Crippen LogP contribution in [0, 0.1) is 11.7 Å². The molecule has 37 heavy (non-hydrogen) atoms. The van der Waals surface area contributed by atoms with E-state index in [9.17, 15) is 22.4 Å². The standard InChI is InChI=1S/C28H31ClF4N2O2/c29-21-5-6-24(28(31,32)33)20(13-21)16-34-11-7-18(8-12-34)17-37-26-15-25(30)23(14-22(26)19-3-4-19)27(36)35-9-1-2-10-35/h5-6,13-15,18-19H,1-4,7-12,16-17H2. The number of piperidine rings is 1. The Kier molecular flexibility index (Phi) is 7.68. The van der Waals surface area contributed by atoms with Crippen molar-refractivity contribution < 1.29 is 27.1 Å². The molecule has 0 bridgehead atoms. The quantitative estimate of drug-likeness (QED) is 0.359. The molecule has 2 aromatic rings. The molecule has 0 N–H and O–H groups in total. The molecule has 2 aliphatic heterocycles. The number of nitrogens with zero attached hydrogens (tertiary/aromatic N) is 2.